The summed E-state index contributed by atoms with van der Waals surface area (Å²) in [6, 6.07) is 2.34. The van der Waals surface area contributed by atoms with E-state index < -0.39 is 0 Å². The molecule has 0 aromatic heterocycles. The van der Waals surface area contributed by atoms with Gasteiger partial charge in [-0.15, -0.1) is 0 Å². The molecular formula is C17H27. The van der Waals surface area contributed by atoms with Crippen LogP contribution in [0.25, 0.3) is 0 Å². The van der Waals surface area contributed by atoms with Crippen molar-refractivity contribution in [2.75, 3.05) is 0 Å². The van der Waals surface area contributed by atoms with Crippen molar-refractivity contribution in [1.29, 1.82) is 0 Å². The summed E-state index contributed by atoms with van der Waals surface area (Å²) in [5.74, 6) is 0. The molecule has 1 rings (SSSR count). The van der Waals surface area contributed by atoms with Crippen molar-refractivity contribution in [2.45, 2.75) is 66.2 Å². The maximum absolute atomic E-state index is 3.89. The van der Waals surface area contributed by atoms with Crippen LogP contribution in [0.3, 0.4) is 0 Å². The monoisotopic (exact) mass is 231 g/mol. The molecule has 1 aromatic carbocycles. The van der Waals surface area contributed by atoms with Crippen LogP contribution in [0, 0.1) is 34.6 Å². The van der Waals surface area contributed by atoms with Gasteiger partial charge in [0, 0.05) is 0 Å². The van der Waals surface area contributed by atoms with Crippen LogP contribution >= 0.6 is 0 Å². The van der Waals surface area contributed by atoms with E-state index in [1.165, 1.54) is 54.4 Å². The predicted molar refractivity (Wildman–Crippen MR) is 77.5 cm³/mol. The number of hydrogen-bond donors (Lipinski definition) is 0. The van der Waals surface area contributed by atoms with Crippen molar-refractivity contribution in [1.82, 2.24) is 0 Å². The minimum absolute atomic E-state index is 1.09. The first-order valence-corrected chi connectivity index (χ1v) is 6.93. The third-order valence-electron chi connectivity index (χ3n) is 3.94. The van der Waals surface area contributed by atoms with E-state index in [2.05, 4.69) is 40.7 Å². The molecule has 0 aliphatic rings. The van der Waals surface area contributed by atoms with Gasteiger partial charge in [-0.05, 0) is 68.4 Å². The highest BCUT2D eigenvalue weighted by atomic mass is 14.1. The smallest absolute Gasteiger partial charge is 0.0274 e. The van der Waals surface area contributed by atoms with Gasteiger partial charge in [0.05, 0.1) is 0 Å². The first-order chi connectivity index (χ1) is 8.07. The van der Waals surface area contributed by atoms with E-state index >= 15 is 0 Å². The molecule has 0 nitrogen and oxygen atoms in total. The van der Waals surface area contributed by atoms with E-state index in [0.717, 1.165) is 6.42 Å². The Labute approximate surface area is 107 Å². The van der Waals surface area contributed by atoms with Crippen molar-refractivity contribution in [3.8, 4) is 0 Å². The Balaban J connectivity index is 2.62. The second-order valence-corrected chi connectivity index (χ2v) is 5.26. The average molecular weight is 231 g/mol. The zero-order valence-corrected chi connectivity index (χ0v) is 12.0. The summed E-state index contributed by atoms with van der Waals surface area (Å²) >= 11 is 0. The molecule has 0 amide bonds. The molecule has 0 bridgehead atoms. The Bertz CT molecular complexity index is 361. The highest BCUT2D eigenvalue weighted by molar-refractivity contribution is 5.43. The van der Waals surface area contributed by atoms with Crippen molar-refractivity contribution < 1.29 is 0 Å². The second kappa shape index (κ2) is 6.83. The van der Waals surface area contributed by atoms with Crippen LogP contribution < -0.4 is 0 Å². The normalized spacial score (nSPS) is 10.9. The summed E-state index contributed by atoms with van der Waals surface area (Å²) in [5, 5.41) is 0. The van der Waals surface area contributed by atoms with Gasteiger partial charge in [-0.2, -0.15) is 0 Å². The lowest BCUT2D eigenvalue weighted by Crippen LogP contribution is -1.99. The summed E-state index contributed by atoms with van der Waals surface area (Å²) in [6.45, 7) is 12.9. The molecule has 0 heteroatoms. The maximum atomic E-state index is 3.89. The zero-order chi connectivity index (χ0) is 12.8. The topological polar surface area (TPSA) is 0 Å². The van der Waals surface area contributed by atoms with Gasteiger partial charge in [0.2, 0.25) is 0 Å². The van der Waals surface area contributed by atoms with Crippen LogP contribution in [0.15, 0.2) is 6.07 Å². The highest BCUT2D eigenvalue weighted by Gasteiger charge is 2.07. The van der Waals surface area contributed by atoms with Crippen molar-refractivity contribution >= 4 is 0 Å². The van der Waals surface area contributed by atoms with Crippen molar-refractivity contribution in [2.24, 2.45) is 0 Å². The molecule has 17 heavy (non-hydrogen) atoms. The molecular weight excluding hydrogens is 204 g/mol. The fourth-order valence-electron chi connectivity index (χ4n) is 2.55. The summed E-state index contributed by atoms with van der Waals surface area (Å²) in [7, 11) is 0. The quantitative estimate of drug-likeness (QED) is 0.587. The average Bonchev–Trinajstić information content (AvgIpc) is 2.30. The molecule has 0 aliphatic carbocycles. The lowest BCUT2D eigenvalue weighted by molar-refractivity contribution is 0.643. The molecule has 0 heterocycles. The molecule has 95 valence electrons. The molecule has 0 spiro atoms. The highest BCUT2D eigenvalue weighted by Crippen LogP contribution is 2.23. The molecule has 0 atom stereocenters. The molecule has 1 radical (unpaired) electrons. The van der Waals surface area contributed by atoms with E-state index in [1.807, 2.05) is 0 Å². The fraction of sp³-hybridized carbons (Fsp3) is 0.588. The number of unbranched alkanes of at least 4 members (excludes halogenated alkanes) is 4. The van der Waals surface area contributed by atoms with E-state index in [1.54, 1.807) is 5.56 Å². The summed E-state index contributed by atoms with van der Waals surface area (Å²) in [4.78, 5) is 0. The lowest BCUT2D eigenvalue weighted by Gasteiger charge is -2.15. The Morgan fingerprint density at radius 3 is 2.12 bits per heavy atom. The SMILES string of the molecule is [CH2]CCCCCCc1c(C)cc(C)c(C)c1C. The number of aryl methyl sites for hydroxylation is 2. The minimum Gasteiger partial charge on any atom is -0.0558 e. The first kappa shape index (κ1) is 14.3. The minimum atomic E-state index is 1.09. The fourth-order valence-corrected chi connectivity index (χ4v) is 2.55. The Hall–Kier alpha value is -0.780. The van der Waals surface area contributed by atoms with Gasteiger partial charge < -0.3 is 0 Å². The molecule has 1 aromatic rings. The molecule has 0 aliphatic heterocycles. The second-order valence-electron chi connectivity index (χ2n) is 5.26. The van der Waals surface area contributed by atoms with Crippen LogP contribution in [0.4, 0.5) is 0 Å². The molecule has 0 saturated carbocycles. The number of hydrogen-bond acceptors (Lipinski definition) is 0. The Kier molecular flexibility index (Phi) is 5.74. The van der Waals surface area contributed by atoms with E-state index in [9.17, 15) is 0 Å². The number of rotatable bonds is 6. The van der Waals surface area contributed by atoms with E-state index in [4.69, 9.17) is 0 Å². The van der Waals surface area contributed by atoms with Gasteiger partial charge in [0.15, 0.2) is 0 Å². The van der Waals surface area contributed by atoms with Crippen molar-refractivity contribution in [3.63, 3.8) is 0 Å². The van der Waals surface area contributed by atoms with Gasteiger partial charge >= 0.3 is 0 Å². The number of benzene rings is 1. The largest absolute Gasteiger partial charge is 0.0558 e. The molecule has 0 fully saturated rings. The van der Waals surface area contributed by atoms with Gasteiger partial charge in [0.25, 0.3) is 0 Å². The zero-order valence-electron chi connectivity index (χ0n) is 12.0. The van der Waals surface area contributed by atoms with E-state index in [-0.39, 0.29) is 0 Å². The Morgan fingerprint density at radius 2 is 1.47 bits per heavy atom. The van der Waals surface area contributed by atoms with Gasteiger partial charge in [-0.1, -0.05) is 38.7 Å². The van der Waals surface area contributed by atoms with Crippen molar-refractivity contribution in [3.05, 3.63) is 40.8 Å². The summed E-state index contributed by atoms with van der Waals surface area (Å²) < 4.78 is 0. The third-order valence-corrected chi connectivity index (χ3v) is 3.94. The molecule has 0 N–H and O–H groups in total. The van der Waals surface area contributed by atoms with Crippen LogP contribution in [0.1, 0.15) is 59.9 Å². The van der Waals surface area contributed by atoms with Gasteiger partial charge in [-0.25, -0.2) is 0 Å². The van der Waals surface area contributed by atoms with Crippen LogP contribution in [0.5, 0.6) is 0 Å². The summed E-state index contributed by atoms with van der Waals surface area (Å²) in [6.07, 6.45) is 7.63. The standard InChI is InChI=1S/C17H27/c1-6-7-8-9-10-11-17-14(3)12-13(2)15(4)16(17)5/h12H,1,6-11H2,2-5H3. The maximum Gasteiger partial charge on any atom is -0.0274 e. The van der Waals surface area contributed by atoms with Crippen LogP contribution in [-0.4, -0.2) is 0 Å². The van der Waals surface area contributed by atoms with Gasteiger partial charge in [0.1, 0.15) is 0 Å². The molecule has 0 unspecified atom stereocenters. The Morgan fingerprint density at radius 1 is 0.824 bits per heavy atom. The summed E-state index contributed by atoms with van der Waals surface area (Å²) in [5.41, 5.74) is 7.48. The van der Waals surface area contributed by atoms with Gasteiger partial charge in [-0.3, -0.25) is 0 Å². The third kappa shape index (κ3) is 3.87. The molecule has 0 saturated heterocycles. The van der Waals surface area contributed by atoms with Crippen LogP contribution in [0.2, 0.25) is 0 Å². The predicted octanol–water partition coefficient (Wildman–Crippen LogP) is 5.25. The lowest BCUT2D eigenvalue weighted by atomic mass is 9.91. The first-order valence-electron chi connectivity index (χ1n) is 6.93. The van der Waals surface area contributed by atoms with Crippen LogP contribution in [-0.2, 0) is 6.42 Å². The van der Waals surface area contributed by atoms with E-state index in [0.29, 0.717) is 0 Å².